The highest BCUT2D eigenvalue weighted by atomic mass is 32.1. The van der Waals surface area contributed by atoms with Crippen molar-refractivity contribution in [1.82, 2.24) is 4.98 Å². The fourth-order valence-corrected chi connectivity index (χ4v) is 3.49. The van der Waals surface area contributed by atoms with E-state index < -0.39 is 0 Å². The summed E-state index contributed by atoms with van der Waals surface area (Å²) in [4.78, 5) is 5.40. The number of nitrogens with zero attached hydrogens (tertiary/aromatic N) is 1. The second-order valence-corrected chi connectivity index (χ2v) is 6.40. The SMILES string of the molecule is c1cc(NC(c2cccs2)C2CC2)cc(-c2cnco2)c1. The van der Waals surface area contributed by atoms with Crippen molar-refractivity contribution in [3.63, 3.8) is 0 Å². The van der Waals surface area contributed by atoms with Gasteiger partial charge in [-0.05, 0) is 42.3 Å². The molecule has 1 aliphatic rings. The minimum absolute atomic E-state index is 0.426. The van der Waals surface area contributed by atoms with Crippen LogP contribution in [0.2, 0.25) is 0 Å². The molecule has 106 valence electrons. The Hall–Kier alpha value is -2.07. The van der Waals surface area contributed by atoms with Crippen LogP contribution in [0.5, 0.6) is 0 Å². The van der Waals surface area contributed by atoms with Crippen molar-refractivity contribution >= 4 is 17.0 Å². The monoisotopic (exact) mass is 296 g/mol. The zero-order chi connectivity index (χ0) is 14.1. The number of benzene rings is 1. The lowest BCUT2D eigenvalue weighted by molar-refractivity contribution is 0.572. The second kappa shape index (κ2) is 5.37. The third-order valence-electron chi connectivity index (χ3n) is 3.84. The average Bonchev–Trinajstić information content (AvgIpc) is 3.01. The topological polar surface area (TPSA) is 38.1 Å². The summed E-state index contributed by atoms with van der Waals surface area (Å²) in [6, 6.07) is 13.1. The smallest absolute Gasteiger partial charge is 0.181 e. The Kier molecular flexibility index (Phi) is 3.24. The van der Waals surface area contributed by atoms with Crippen LogP contribution in [0.3, 0.4) is 0 Å². The number of hydrogen-bond acceptors (Lipinski definition) is 4. The van der Waals surface area contributed by atoms with Gasteiger partial charge in [0.25, 0.3) is 0 Å². The van der Waals surface area contributed by atoms with Crippen molar-refractivity contribution in [2.75, 3.05) is 5.32 Å². The van der Waals surface area contributed by atoms with Gasteiger partial charge in [0.05, 0.1) is 12.2 Å². The Labute approximate surface area is 127 Å². The van der Waals surface area contributed by atoms with Gasteiger partial charge in [-0.2, -0.15) is 0 Å². The van der Waals surface area contributed by atoms with E-state index >= 15 is 0 Å². The lowest BCUT2D eigenvalue weighted by Gasteiger charge is -2.18. The number of aromatic nitrogens is 1. The summed E-state index contributed by atoms with van der Waals surface area (Å²) >= 11 is 1.83. The Morgan fingerprint density at radius 1 is 1.24 bits per heavy atom. The van der Waals surface area contributed by atoms with Crippen LogP contribution in [0.15, 0.2) is 58.8 Å². The summed E-state index contributed by atoms with van der Waals surface area (Å²) in [7, 11) is 0. The van der Waals surface area contributed by atoms with Crippen molar-refractivity contribution in [2.45, 2.75) is 18.9 Å². The highest BCUT2D eigenvalue weighted by molar-refractivity contribution is 7.10. The molecule has 4 heteroatoms. The Morgan fingerprint density at radius 2 is 2.19 bits per heavy atom. The van der Waals surface area contributed by atoms with E-state index in [1.54, 1.807) is 6.20 Å². The number of rotatable bonds is 5. The van der Waals surface area contributed by atoms with Gasteiger partial charge < -0.3 is 9.73 Å². The first-order valence-corrected chi connectivity index (χ1v) is 8.07. The van der Waals surface area contributed by atoms with Gasteiger partial charge in [-0.25, -0.2) is 4.98 Å². The van der Waals surface area contributed by atoms with Gasteiger partial charge in [0.2, 0.25) is 0 Å². The predicted octanol–water partition coefficient (Wildman–Crippen LogP) is 4.97. The van der Waals surface area contributed by atoms with Crippen LogP contribution in [0.25, 0.3) is 11.3 Å². The van der Waals surface area contributed by atoms with Crippen molar-refractivity contribution in [3.05, 3.63) is 59.2 Å². The van der Waals surface area contributed by atoms with Gasteiger partial charge in [-0.3, -0.25) is 0 Å². The molecule has 0 radical (unpaired) electrons. The normalized spacial score (nSPS) is 15.8. The molecule has 1 saturated carbocycles. The van der Waals surface area contributed by atoms with Crippen LogP contribution < -0.4 is 5.32 Å². The fourth-order valence-electron chi connectivity index (χ4n) is 2.62. The van der Waals surface area contributed by atoms with Crippen LogP contribution >= 0.6 is 11.3 Å². The third-order valence-corrected chi connectivity index (χ3v) is 4.80. The van der Waals surface area contributed by atoms with Crippen molar-refractivity contribution < 1.29 is 4.42 Å². The Morgan fingerprint density at radius 3 is 2.90 bits per heavy atom. The van der Waals surface area contributed by atoms with E-state index in [2.05, 4.69) is 46.0 Å². The molecule has 2 aromatic heterocycles. The molecule has 1 fully saturated rings. The highest BCUT2D eigenvalue weighted by Crippen LogP contribution is 2.44. The fraction of sp³-hybridized carbons (Fsp3) is 0.235. The molecule has 0 spiro atoms. The molecular weight excluding hydrogens is 280 g/mol. The largest absolute Gasteiger partial charge is 0.444 e. The van der Waals surface area contributed by atoms with Gasteiger partial charge in [-0.1, -0.05) is 18.2 Å². The molecule has 1 aliphatic carbocycles. The molecule has 1 unspecified atom stereocenters. The number of oxazole rings is 1. The van der Waals surface area contributed by atoms with Gasteiger partial charge in [0.15, 0.2) is 12.2 Å². The maximum absolute atomic E-state index is 5.37. The summed E-state index contributed by atoms with van der Waals surface area (Å²) < 4.78 is 5.37. The molecule has 0 saturated heterocycles. The maximum Gasteiger partial charge on any atom is 0.181 e. The molecule has 2 heterocycles. The van der Waals surface area contributed by atoms with Gasteiger partial charge in [0.1, 0.15) is 0 Å². The molecule has 21 heavy (non-hydrogen) atoms. The molecule has 4 rings (SSSR count). The average molecular weight is 296 g/mol. The van der Waals surface area contributed by atoms with E-state index in [0.29, 0.717) is 6.04 Å². The minimum atomic E-state index is 0.426. The summed E-state index contributed by atoms with van der Waals surface area (Å²) in [6.45, 7) is 0. The first-order valence-electron chi connectivity index (χ1n) is 7.19. The first kappa shape index (κ1) is 12.7. The maximum atomic E-state index is 5.37. The van der Waals surface area contributed by atoms with Crippen LogP contribution in [0.1, 0.15) is 23.8 Å². The van der Waals surface area contributed by atoms with Gasteiger partial charge in [0, 0.05) is 16.1 Å². The molecule has 3 aromatic rings. The van der Waals surface area contributed by atoms with Crippen molar-refractivity contribution in [3.8, 4) is 11.3 Å². The van der Waals surface area contributed by atoms with Crippen LogP contribution in [0, 0.1) is 5.92 Å². The van der Waals surface area contributed by atoms with Gasteiger partial charge in [-0.15, -0.1) is 11.3 Å². The standard InChI is InChI=1S/C17H16N2OS/c1-3-13(15-10-18-11-20-15)9-14(4-1)19-17(12-6-7-12)16-5-2-8-21-16/h1-5,8-12,17,19H,6-7H2. The van der Waals surface area contributed by atoms with E-state index in [0.717, 1.165) is 22.9 Å². The summed E-state index contributed by atoms with van der Waals surface area (Å²) in [6.07, 6.45) is 5.85. The Bertz CT molecular complexity index is 702. The van der Waals surface area contributed by atoms with E-state index in [1.165, 1.54) is 24.1 Å². The molecule has 1 N–H and O–H groups in total. The molecule has 0 bridgehead atoms. The molecule has 0 amide bonds. The molecule has 3 nitrogen and oxygen atoms in total. The molecule has 0 aliphatic heterocycles. The first-order chi connectivity index (χ1) is 10.4. The van der Waals surface area contributed by atoms with E-state index in [4.69, 9.17) is 4.42 Å². The summed E-state index contributed by atoms with van der Waals surface area (Å²) in [5, 5.41) is 5.84. The number of hydrogen-bond donors (Lipinski definition) is 1. The van der Waals surface area contributed by atoms with E-state index in [9.17, 15) is 0 Å². The second-order valence-electron chi connectivity index (χ2n) is 5.42. The Balaban J connectivity index is 1.60. The van der Waals surface area contributed by atoms with Crippen LogP contribution in [-0.2, 0) is 0 Å². The number of anilines is 1. The number of nitrogens with one attached hydrogen (secondary N) is 1. The number of thiophene rings is 1. The summed E-state index contributed by atoms with van der Waals surface area (Å²) in [5.74, 6) is 1.57. The lowest BCUT2D eigenvalue weighted by atomic mass is 10.1. The van der Waals surface area contributed by atoms with Crippen molar-refractivity contribution in [2.24, 2.45) is 5.92 Å². The predicted molar refractivity (Wildman–Crippen MR) is 85.3 cm³/mol. The summed E-state index contributed by atoms with van der Waals surface area (Å²) in [5.41, 5.74) is 2.19. The third kappa shape index (κ3) is 2.72. The van der Waals surface area contributed by atoms with Crippen LogP contribution in [0.4, 0.5) is 5.69 Å². The van der Waals surface area contributed by atoms with Crippen LogP contribution in [-0.4, -0.2) is 4.98 Å². The molecule has 1 atom stereocenters. The molecule has 1 aromatic carbocycles. The zero-order valence-electron chi connectivity index (χ0n) is 11.5. The minimum Gasteiger partial charge on any atom is -0.444 e. The van der Waals surface area contributed by atoms with E-state index in [1.807, 2.05) is 17.4 Å². The highest BCUT2D eigenvalue weighted by Gasteiger charge is 2.32. The quantitative estimate of drug-likeness (QED) is 0.722. The zero-order valence-corrected chi connectivity index (χ0v) is 12.3. The van der Waals surface area contributed by atoms with E-state index in [-0.39, 0.29) is 0 Å². The van der Waals surface area contributed by atoms with Crippen molar-refractivity contribution in [1.29, 1.82) is 0 Å². The van der Waals surface area contributed by atoms with Gasteiger partial charge >= 0.3 is 0 Å². The molecular formula is C17H16N2OS. The lowest BCUT2D eigenvalue weighted by Crippen LogP contribution is -2.11.